The molecule has 0 fully saturated rings. The Morgan fingerprint density at radius 1 is 1.04 bits per heavy atom. The molecule has 0 bridgehead atoms. The second-order valence-corrected chi connectivity index (χ2v) is 5.93. The molecule has 0 radical (unpaired) electrons. The summed E-state index contributed by atoms with van der Waals surface area (Å²) in [7, 11) is 1.51. The molecule has 1 N–H and O–H groups in total. The van der Waals surface area contributed by atoms with Crippen LogP contribution in [0.1, 0.15) is 21.5 Å². The van der Waals surface area contributed by atoms with E-state index in [9.17, 15) is 4.79 Å². The average molecular weight is 348 g/mol. The van der Waals surface area contributed by atoms with E-state index in [0.717, 1.165) is 13.0 Å². The largest absolute Gasteiger partial charge is 0.480 e. The highest BCUT2D eigenvalue weighted by Crippen LogP contribution is 2.12. The van der Waals surface area contributed by atoms with Crippen LogP contribution in [-0.4, -0.2) is 24.5 Å². The van der Waals surface area contributed by atoms with Gasteiger partial charge in [-0.05, 0) is 24.1 Å². The number of hydrogen-bond acceptors (Lipinski definition) is 3. The molecule has 0 aliphatic carbocycles. The number of rotatable bonds is 7. The molecule has 3 aromatic rings. The molecule has 0 aliphatic heterocycles. The van der Waals surface area contributed by atoms with Crippen molar-refractivity contribution in [3.05, 3.63) is 89.9 Å². The van der Waals surface area contributed by atoms with E-state index in [1.807, 2.05) is 18.2 Å². The number of pyridine rings is 2. The molecule has 5 nitrogen and oxygen atoms in total. The van der Waals surface area contributed by atoms with Gasteiger partial charge in [0.2, 0.25) is 5.88 Å². The predicted octanol–water partition coefficient (Wildman–Crippen LogP) is 2.40. The van der Waals surface area contributed by atoms with Gasteiger partial charge in [0.05, 0.1) is 7.11 Å². The molecule has 2 heterocycles. The quantitative estimate of drug-likeness (QED) is 0.667. The minimum Gasteiger partial charge on any atom is -0.480 e. The van der Waals surface area contributed by atoms with E-state index in [-0.39, 0.29) is 5.91 Å². The Morgan fingerprint density at radius 3 is 2.54 bits per heavy atom. The van der Waals surface area contributed by atoms with Crippen LogP contribution in [0.25, 0.3) is 0 Å². The van der Waals surface area contributed by atoms with Crippen molar-refractivity contribution in [2.24, 2.45) is 0 Å². The van der Waals surface area contributed by atoms with Crippen LogP contribution in [0.5, 0.6) is 5.88 Å². The third-order valence-electron chi connectivity index (χ3n) is 4.08. The molecule has 26 heavy (non-hydrogen) atoms. The molecule has 3 rings (SSSR count). The molecule has 5 heteroatoms. The van der Waals surface area contributed by atoms with Crippen LogP contribution in [0.15, 0.2) is 73.2 Å². The van der Waals surface area contributed by atoms with Crippen LogP contribution in [0, 0.1) is 0 Å². The van der Waals surface area contributed by atoms with Crippen molar-refractivity contribution in [1.29, 1.82) is 0 Å². The highest BCUT2D eigenvalue weighted by atomic mass is 16.5. The van der Waals surface area contributed by atoms with Gasteiger partial charge in [0, 0.05) is 30.4 Å². The highest BCUT2D eigenvalue weighted by molar-refractivity contribution is 5.96. The Labute approximate surface area is 153 Å². The topological polar surface area (TPSA) is 55.1 Å². The summed E-state index contributed by atoms with van der Waals surface area (Å²) in [6.45, 7) is 1.40. The Balaban J connectivity index is 1.51. The van der Waals surface area contributed by atoms with Gasteiger partial charge in [-0.25, -0.2) is 9.55 Å². The van der Waals surface area contributed by atoms with Crippen molar-refractivity contribution in [1.82, 2.24) is 10.3 Å². The zero-order valence-electron chi connectivity index (χ0n) is 14.8. The Bertz CT molecular complexity index is 849. The smallest absolute Gasteiger partial charge is 0.256 e. The molecule has 0 saturated carbocycles. The van der Waals surface area contributed by atoms with Crippen molar-refractivity contribution in [2.75, 3.05) is 13.7 Å². The van der Waals surface area contributed by atoms with Crippen molar-refractivity contribution >= 4 is 5.91 Å². The number of aromatic nitrogens is 2. The van der Waals surface area contributed by atoms with Gasteiger partial charge in [0.1, 0.15) is 5.56 Å². The Hall–Kier alpha value is -3.21. The van der Waals surface area contributed by atoms with Crippen molar-refractivity contribution in [3.63, 3.8) is 0 Å². The van der Waals surface area contributed by atoms with Crippen LogP contribution >= 0.6 is 0 Å². The summed E-state index contributed by atoms with van der Waals surface area (Å²) in [6, 6.07) is 17.9. The van der Waals surface area contributed by atoms with Gasteiger partial charge < -0.3 is 10.1 Å². The lowest BCUT2D eigenvalue weighted by Crippen LogP contribution is -2.33. The summed E-state index contributed by atoms with van der Waals surface area (Å²) < 4.78 is 7.26. The third kappa shape index (κ3) is 4.66. The number of carbonyl (C=O) groups excluding carboxylic acids is 1. The maximum Gasteiger partial charge on any atom is 0.256 e. The number of benzene rings is 1. The number of methoxy groups -OCH3 is 1. The van der Waals surface area contributed by atoms with E-state index < -0.39 is 0 Å². The van der Waals surface area contributed by atoms with E-state index in [1.165, 1.54) is 18.2 Å². The fourth-order valence-corrected chi connectivity index (χ4v) is 2.70. The lowest BCUT2D eigenvalue weighted by molar-refractivity contribution is -0.688. The van der Waals surface area contributed by atoms with Crippen molar-refractivity contribution in [3.8, 4) is 5.88 Å². The summed E-state index contributed by atoms with van der Waals surface area (Å²) in [5.74, 6) is 0.164. The molecule has 0 saturated heterocycles. The molecule has 1 amide bonds. The lowest BCUT2D eigenvalue weighted by Gasteiger charge is -2.08. The normalized spacial score (nSPS) is 10.3. The first kappa shape index (κ1) is 17.6. The number of carbonyl (C=O) groups is 1. The molecule has 0 unspecified atom stereocenters. The Kier molecular flexibility index (Phi) is 5.93. The predicted molar refractivity (Wildman–Crippen MR) is 99.0 cm³/mol. The minimum absolute atomic E-state index is 0.176. The second-order valence-electron chi connectivity index (χ2n) is 5.93. The number of nitrogens with one attached hydrogen (secondary N) is 1. The monoisotopic (exact) mass is 348 g/mol. The second kappa shape index (κ2) is 8.76. The number of nitrogens with zero attached hydrogens (tertiary/aromatic N) is 2. The SMILES string of the molecule is COc1ncccc1C(=O)NCCc1cc[n+](Cc2ccccc2)cc1. The fraction of sp³-hybridized carbons (Fsp3) is 0.190. The first-order chi connectivity index (χ1) is 12.8. The number of hydrogen-bond donors (Lipinski definition) is 1. The number of amides is 1. The van der Waals surface area contributed by atoms with E-state index in [2.05, 4.69) is 51.5 Å². The Morgan fingerprint density at radius 2 is 1.81 bits per heavy atom. The summed E-state index contributed by atoms with van der Waals surface area (Å²) in [6.07, 6.45) is 6.49. The molecule has 0 spiro atoms. The lowest BCUT2D eigenvalue weighted by atomic mass is 10.2. The highest BCUT2D eigenvalue weighted by Gasteiger charge is 2.12. The summed E-state index contributed by atoms with van der Waals surface area (Å²) in [5, 5.41) is 2.91. The summed E-state index contributed by atoms with van der Waals surface area (Å²) in [5.41, 5.74) is 2.89. The molecule has 2 aromatic heterocycles. The molecule has 0 atom stereocenters. The van der Waals surface area contributed by atoms with Crippen molar-refractivity contribution in [2.45, 2.75) is 13.0 Å². The maximum atomic E-state index is 12.2. The van der Waals surface area contributed by atoms with E-state index in [0.29, 0.717) is 18.0 Å². The van der Waals surface area contributed by atoms with Gasteiger partial charge in [-0.15, -0.1) is 0 Å². The van der Waals surface area contributed by atoms with Crippen LogP contribution in [0.4, 0.5) is 0 Å². The van der Waals surface area contributed by atoms with E-state index in [4.69, 9.17) is 4.74 Å². The van der Waals surface area contributed by atoms with Gasteiger partial charge in [0.25, 0.3) is 5.91 Å². The molecular weight excluding hydrogens is 326 g/mol. The van der Waals surface area contributed by atoms with Gasteiger partial charge >= 0.3 is 0 Å². The van der Waals surface area contributed by atoms with E-state index >= 15 is 0 Å². The summed E-state index contributed by atoms with van der Waals surface area (Å²) >= 11 is 0. The van der Waals surface area contributed by atoms with Gasteiger partial charge in [-0.3, -0.25) is 4.79 Å². The van der Waals surface area contributed by atoms with Crippen LogP contribution < -0.4 is 14.6 Å². The fourth-order valence-electron chi connectivity index (χ4n) is 2.70. The standard InChI is InChI=1S/C21H21N3O2/c1-26-21-19(8-5-12-23-21)20(25)22-13-9-17-10-14-24(15-11-17)16-18-6-3-2-4-7-18/h2-8,10-12,14-15H,9,13,16H2,1H3/p+1. The van der Waals surface area contributed by atoms with Gasteiger partial charge in [-0.1, -0.05) is 30.3 Å². The zero-order valence-corrected chi connectivity index (χ0v) is 14.8. The third-order valence-corrected chi connectivity index (χ3v) is 4.08. The van der Waals surface area contributed by atoms with Crippen LogP contribution in [0.2, 0.25) is 0 Å². The molecule has 1 aromatic carbocycles. The molecule has 0 aliphatic rings. The van der Waals surface area contributed by atoms with Crippen molar-refractivity contribution < 1.29 is 14.1 Å². The first-order valence-electron chi connectivity index (χ1n) is 8.55. The number of ether oxygens (including phenoxy) is 1. The van der Waals surface area contributed by atoms with Crippen LogP contribution in [-0.2, 0) is 13.0 Å². The summed E-state index contributed by atoms with van der Waals surface area (Å²) in [4.78, 5) is 16.3. The zero-order chi connectivity index (χ0) is 18.2. The maximum absolute atomic E-state index is 12.2. The average Bonchev–Trinajstić information content (AvgIpc) is 2.70. The van der Waals surface area contributed by atoms with Gasteiger partial charge in [0.15, 0.2) is 18.9 Å². The van der Waals surface area contributed by atoms with E-state index in [1.54, 1.807) is 18.3 Å². The molecule has 132 valence electrons. The molecular formula is C21H22N3O2+. The van der Waals surface area contributed by atoms with Gasteiger partial charge in [-0.2, -0.15) is 0 Å². The first-order valence-corrected chi connectivity index (χ1v) is 8.55. The van der Waals surface area contributed by atoms with Crippen LogP contribution in [0.3, 0.4) is 0 Å². The minimum atomic E-state index is -0.176.